The van der Waals surface area contributed by atoms with Crippen molar-refractivity contribution in [2.24, 2.45) is 0 Å². The number of fused-ring (bicyclic) bond motifs is 1. The molecule has 2 heterocycles. The lowest BCUT2D eigenvalue weighted by molar-refractivity contribution is -0.124. The number of carbonyl (C=O) groups is 1. The Morgan fingerprint density at radius 1 is 1.25 bits per heavy atom. The third kappa shape index (κ3) is 3.87. The molecule has 2 aromatic carbocycles. The third-order valence-corrected chi connectivity index (χ3v) is 4.74. The molecule has 1 fully saturated rings. The predicted octanol–water partition coefficient (Wildman–Crippen LogP) is 3.99. The lowest BCUT2D eigenvalue weighted by Crippen LogP contribution is -2.27. The zero-order chi connectivity index (χ0) is 19.5. The van der Waals surface area contributed by atoms with Crippen LogP contribution < -0.4 is 10.1 Å². The minimum atomic E-state index is -0.410. The number of rotatable bonds is 6. The summed E-state index contributed by atoms with van der Waals surface area (Å²) in [5.74, 6) is 1.08. The maximum atomic E-state index is 12.6. The fourth-order valence-electron chi connectivity index (χ4n) is 3.50. The molecule has 6 nitrogen and oxygen atoms in total. The fraction of sp³-hybridized carbons (Fsp3) is 0.364. The maximum absolute atomic E-state index is 12.6. The van der Waals surface area contributed by atoms with Crippen molar-refractivity contribution in [2.45, 2.75) is 45.4 Å². The van der Waals surface area contributed by atoms with E-state index in [9.17, 15) is 4.79 Å². The van der Waals surface area contributed by atoms with Crippen LogP contribution in [-0.4, -0.2) is 34.5 Å². The smallest absolute Gasteiger partial charge is 0.254 e. The normalized spacial score (nSPS) is 16.6. The molecule has 28 heavy (non-hydrogen) atoms. The standard InChI is InChI=1S/C22H25N3O3/c1-15(2)28-18-11-6-10-17-20(18)21(23-22(26)19-12-7-13-27-19)24-25(17)14-16-8-4-3-5-9-16/h3-6,8-11,15,19H,7,12-14H2,1-2H3,(H,23,24,26)/t19-/m1/s1. The number of ether oxygens (including phenoxy) is 2. The molecule has 1 N–H and O–H groups in total. The Kier molecular flexibility index (Phi) is 5.30. The molecular weight excluding hydrogens is 354 g/mol. The molecule has 0 spiro atoms. The first-order valence-electron chi connectivity index (χ1n) is 9.74. The average Bonchev–Trinajstić information content (AvgIpc) is 3.32. The number of hydrogen-bond donors (Lipinski definition) is 1. The van der Waals surface area contributed by atoms with Crippen molar-refractivity contribution in [3.05, 3.63) is 54.1 Å². The Morgan fingerprint density at radius 3 is 2.79 bits per heavy atom. The number of aromatic nitrogens is 2. The number of hydrogen-bond acceptors (Lipinski definition) is 4. The van der Waals surface area contributed by atoms with E-state index in [0.717, 1.165) is 35.1 Å². The molecule has 1 aromatic heterocycles. The number of nitrogens with zero attached hydrogens (tertiary/aromatic N) is 2. The highest BCUT2D eigenvalue weighted by molar-refractivity contribution is 6.04. The second kappa shape index (κ2) is 8.02. The van der Waals surface area contributed by atoms with E-state index in [1.54, 1.807) is 0 Å². The second-order valence-corrected chi connectivity index (χ2v) is 7.30. The molecule has 1 saturated heterocycles. The number of amides is 1. The van der Waals surface area contributed by atoms with Crippen LogP contribution in [-0.2, 0) is 16.1 Å². The van der Waals surface area contributed by atoms with E-state index >= 15 is 0 Å². The van der Waals surface area contributed by atoms with E-state index in [-0.39, 0.29) is 12.0 Å². The summed E-state index contributed by atoms with van der Waals surface area (Å²) in [7, 11) is 0. The Bertz CT molecular complexity index is 960. The van der Waals surface area contributed by atoms with E-state index in [1.807, 2.05) is 54.9 Å². The first-order chi connectivity index (χ1) is 13.6. The summed E-state index contributed by atoms with van der Waals surface area (Å²) in [5.41, 5.74) is 2.06. The van der Waals surface area contributed by atoms with Gasteiger partial charge in [0.2, 0.25) is 0 Å². The van der Waals surface area contributed by atoms with Crippen LogP contribution in [0.3, 0.4) is 0 Å². The van der Waals surface area contributed by atoms with Crippen LogP contribution in [0.2, 0.25) is 0 Å². The van der Waals surface area contributed by atoms with E-state index < -0.39 is 6.10 Å². The molecule has 0 radical (unpaired) electrons. The molecule has 0 unspecified atom stereocenters. The van der Waals surface area contributed by atoms with Gasteiger partial charge in [-0.2, -0.15) is 5.10 Å². The molecular formula is C22H25N3O3. The van der Waals surface area contributed by atoms with Crippen molar-refractivity contribution in [3.63, 3.8) is 0 Å². The minimum Gasteiger partial charge on any atom is -0.490 e. The molecule has 0 saturated carbocycles. The summed E-state index contributed by atoms with van der Waals surface area (Å²) in [6.45, 7) is 5.21. The van der Waals surface area contributed by atoms with E-state index in [4.69, 9.17) is 14.6 Å². The van der Waals surface area contributed by atoms with Gasteiger partial charge in [-0.3, -0.25) is 9.48 Å². The number of carbonyl (C=O) groups excluding carboxylic acids is 1. The van der Waals surface area contributed by atoms with Gasteiger partial charge in [-0.25, -0.2) is 0 Å². The Morgan fingerprint density at radius 2 is 2.07 bits per heavy atom. The van der Waals surface area contributed by atoms with Gasteiger partial charge in [0.05, 0.1) is 23.6 Å². The quantitative estimate of drug-likeness (QED) is 0.703. The van der Waals surface area contributed by atoms with Crippen molar-refractivity contribution in [1.29, 1.82) is 0 Å². The van der Waals surface area contributed by atoms with Gasteiger partial charge in [0, 0.05) is 6.61 Å². The van der Waals surface area contributed by atoms with Crippen LogP contribution in [0.15, 0.2) is 48.5 Å². The first kappa shape index (κ1) is 18.5. The highest BCUT2D eigenvalue weighted by atomic mass is 16.5. The topological polar surface area (TPSA) is 65.4 Å². The van der Waals surface area contributed by atoms with Crippen molar-refractivity contribution >= 4 is 22.6 Å². The molecule has 6 heteroatoms. The molecule has 4 rings (SSSR count). The maximum Gasteiger partial charge on any atom is 0.254 e. The number of nitrogens with one attached hydrogen (secondary N) is 1. The van der Waals surface area contributed by atoms with Gasteiger partial charge in [0.1, 0.15) is 11.9 Å². The molecule has 1 aliphatic heterocycles. The third-order valence-electron chi connectivity index (χ3n) is 4.74. The van der Waals surface area contributed by atoms with Gasteiger partial charge < -0.3 is 14.8 Å². The molecule has 0 bridgehead atoms. The minimum absolute atomic E-state index is 0.0183. The van der Waals surface area contributed by atoms with E-state index in [2.05, 4.69) is 17.4 Å². The van der Waals surface area contributed by atoms with Crippen LogP contribution in [0.4, 0.5) is 5.82 Å². The van der Waals surface area contributed by atoms with Gasteiger partial charge in [0.25, 0.3) is 5.91 Å². The lowest BCUT2D eigenvalue weighted by atomic mass is 10.2. The highest BCUT2D eigenvalue weighted by Gasteiger charge is 2.26. The summed E-state index contributed by atoms with van der Waals surface area (Å²) >= 11 is 0. The second-order valence-electron chi connectivity index (χ2n) is 7.30. The van der Waals surface area contributed by atoms with Crippen LogP contribution in [0.1, 0.15) is 32.3 Å². The van der Waals surface area contributed by atoms with Crippen molar-refractivity contribution in [3.8, 4) is 5.75 Å². The molecule has 1 amide bonds. The van der Waals surface area contributed by atoms with Crippen LogP contribution in [0.25, 0.3) is 10.9 Å². The van der Waals surface area contributed by atoms with Crippen molar-refractivity contribution in [2.75, 3.05) is 11.9 Å². The molecule has 1 atom stereocenters. The molecule has 1 aliphatic rings. The SMILES string of the molecule is CC(C)Oc1cccc2c1c(NC(=O)[C@H]1CCCO1)nn2Cc1ccccc1. The van der Waals surface area contributed by atoms with Crippen molar-refractivity contribution < 1.29 is 14.3 Å². The Labute approximate surface area is 164 Å². The van der Waals surface area contributed by atoms with Gasteiger partial charge >= 0.3 is 0 Å². The molecule has 0 aliphatic carbocycles. The molecule has 146 valence electrons. The Balaban J connectivity index is 1.74. The van der Waals surface area contributed by atoms with Gasteiger partial charge in [-0.05, 0) is 44.4 Å². The molecule has 3 aromatic rings. The van der Waals surface area contributed by atoms with Crippen LogP contribution >= 0.6 is 0 Å². The van der Waals surface area contributed by atoms with Crippen LogP contribution in [0.5, 0.6) is 5.75 Å². The largest absolute Gasteiger partial charge is 0.490 e. The lowest BCUT2D eigenvalue weighted by Gasteiger charge is -2.12. The van der Waals surface area contributed by atoms with Crippen LogP contribution in [0, 0.1) is 0 Å². The summed E-state index contributed by atoms with van der Waals surface area (Å²) in [6, 6.07) is 16.0. The predicted molar refractivity (Wildman–Crippen MR) is 109 cm³/mol. The summed E-state index contributed by atoms with van der Waals surface area (Å²) < 4.78 is 13.4. The van der Waals surface area contributed by atoms with Crippen molar-refractivity contribution in [1.82, 2.24) is 9.78 Å². The summed E-state index contributed by atoms with van der Waals surface area (Å²) in [5, 5.41) is 8.50. The first-order valence-corrected chi connectivity index (χ1v) is 9.74. The van der Waals surface area contributed by atoms with E-state index in [0.29, 0.717) is 19.0 Å². The van der Waals surface area contributed by atoms with Gasteiger partial charge in [0.15, 0.2) is 5.82 Å². The average molecular weight is 379 g/mol. The fourth-order valence-corrected chi connectivity index (χ4v) is 3.50. The van der Waals surface area contributed by atoms with Gasteiger partial charge in [-0.1, -0.05) is 36.4 Å². The zero-order valence-electron chi connectivity index (χ0n) is 16.2. The Hall–Kier alpha value is -2.86. The summed E-state index contributed by atoms with van der Waals surface area (Å²) in [4.78, 5) is 12.6. The number of anilines is 1. The number of benzene rings is 2. The highest BCUT2D eigenvalue weighted by Crippen LogP contribution is 2.33. The van der Waals surface area contributed by atoms with Gasteiger partial charge in [-0.15, -0.1) is 0 Å². The van der Waals surface area contributed by atoms with E-state index in [1.165, 1.54) is 0 Å². The summed E-state index contributed by atoms with van der Waals surface area (Å²) in [6.07, 6.45) is 1.25. The monoisotopic (exact) mass is 379 g/mol. The zero-order valence-corrected chi connectivity index (χ0v) is 16.2.